The van der Waals surface area contributed by atoms with Crippen LogP contribution >= 0.6 is 35.0 Å². The van der Waals surface area contributed by atoms with Gasteiger partial charge in [-0.15, -0.1) is 0 Å². The SMILES string of the molecule is Fc1ccc(CSc2nccn3nc(-c4cccc(Cl)c4)cc23)c(Cl)c1. The predicted octanol–water partition coefficient (Wildman–Crippen LogP) is 6.13. The van der Waals surface area contributed by atoms with Crippen molar-refractivity contribution in [2.45, 2.75) is 10.8 Å². The smallest absolute Gasteiger partial charge is 0.124 e. The molecule has 0 atom stereocenters. The first-order valence-electron chi connectivity index (χ1n) is 7.77. The Hall–Kier alpha value is -2.08. The zero-order chi connectivity index (χ0) is 18.1. The Kier molecular flexibility index (Phi) is 4.85. The molecule has 0 aliphatic carbocycles. The molecule has 4 rings (SSSR count). The van der Waals surface area contributed by atoms with E-state index >= 15 is 0 Å². The number of aromatic nitrogens is 3. The number of halogens is 3. The molecule has 0 saturated heterocycles. The van der Waals surface area contributed by atoms with E-state index in [0.717, 1.165) is 27.4 Å². The molecule has 0 spiro atoms. The van der Waals surface area contributed by atoms with Crippen LogP contribution in [0.3, 0.4) is 0 Å². The molecule has 4 aromatic rings. The molecular weight excluding hydrogens is 392 g/mol. The van der Waals surface area contributed by atoms with Crippen molar-refractivity contribution < 1.29 is 4.39 Å². The molecule has 0 bridgehead atoms. The van der Waals surface area contributed by atoms with E-state index in [1.54, 1.807) is 23.0 Å². The molecule has 0 N–H and O–H groups in total. The van der Waals surface area contributed by atoms with E-state index in [4.69, 9.17) is 23.2 Å². The summed E-state index contributed by atoms with van der Waals surface area (Å²) in [5, 5.41) is 6.50. The van der Waals surface area contributed by atoms with Crippen LogP contribution < -0.4 is 0 Å². The lowest BCUT2D eigenvalue weighted by Crippen LogP contribution is -1.92. The third-order valence-corrected chi connectivity index (χ3v) is 5.48. The summed E-state index contributed by atoms with van der Waals surface area (Å²) in [4.78, 5) is 4.45. The molecule has 2 heterocycles. The van der Waals surface area contributed by atoms with Gasteiger partial charge in [-0.05, 0) is 35.9 Å². The van der Waals surface area contributed by atoms with E-state index in [1.165, 1.54) is 23.9 Å². The van der Waals surface area contributed by atoms with E-state index in [1.807, 2.05) is 30.3 Å². The second-order valence-corrected chi connectivity index (χ2v) is 7.43. The van der Waals surface area contributed by atoms with Gasteiger partial charge >= 0.3 is 0 Å². The Morgan fingerprint density at radius 1 is 1.08 bits per heavy atom. The summed E-state index contributed by atoms with van der Waals surface area (Å²) >= 11 is 13.7. The lowest BCUT2D eigenvalue weighted by Gasteiger charge is -2.05. The fraction of sp³-hybridized carbons (Fsp3) is 0.0526. The standard InChI is InChI=1S/C19H12Cl2FN3S/c20-14-3-1-2-12(8-14)17-10-18-19(23-6-7-25(18)24-17)26-11-13-4-5-15(22)9-16(13)21/h1-10H,11H2. The van der Waals surface area contributed by atoms with Gasteiger partial charge in [0.25, 0.3) is 0 Å². The van der Waals surface area contributed by atoms with Crippen LogP contribution in [0.1, 0.15) is 5.56 Å². The van der Waals surface area contributed by atoms with Crippen LogP contribution in [0.25, 0.3) is 16.8 Å². The van der Waals surface area contributed by atoms with Gasteiger partial charge in [-0.3, -0.25) is 0 Å². The quantitative estimate of drug-likeness (QED) is 0.383. The minimum absolute atomic E-state index is 0.342. The lowest BCUT2D eigenvalue weighted by atomic mass is 10.1. The molecule has 0 radical (unpaired) electrons. The summed E-state index contributed by atoms with van der Waals surface area (Å²) in [7, 11) is 0. The predicted molar refractivity (Wildman–Crippen MR) is 104 cm³/mol. The summed E-state index contributed by atoms with van der Waals surface area (Å²) in [6.45, 7) is 0. The highest BCUT2D eigenvalue weighted by Crippen LogP contribution is 2.30. The Labute approximate surface area is 163 Å². The van der Waals surface area contributed by atoms with Gasteiger partial charge in [0.1, 0.15) is 10.8 Å². The van der Waals surface area contributed by atoms with Gasteiger partial charge in [-0.1, -0.05) is 53.2 Å². The van der Waals surface area contributed by atoms with Crippen molar-refractivity contribution in [2.75, 3.05) is 0 Å². The first-order chi connectivity index (χ1) is 12.6. The van der Waals surface area contributed by atoms with Crippen molar-refractivity contribution in [1.29, 1.82) is 0 Å². The number of fused-ring (bicyclic) bond motifs is 1. The van der Waals surface area contributed by atoms with Gasteiger partial charge in [0.05, 0.1) is 11.2 Å². The van der Waals surface area contributed by atoms with E-state index in [9.17, 15) is 4.39 Å². The van der Waals surface area contributed by atoms with Crippen molar-refractivity contribution in [3.05, 3.63) is 82.4 Å². The summed E-state index contributed by atoms with van der Waals surface area (Å²) in [5.41, 5.74) is 3.52. The molecule has 0 aliphatic heterocycles. The van der Waals surface area contributed by atoms with Gasteiger partial charge in [0.15, 0.2) is 0 Å². The largest absolute Gasteiger partial charge is 0.246 e. The highest BCUT2D eigenvalue weighted by molar-refractivity contribution is 7.98. The van der Waals surface area contributed by atoms with Gasteiger partial charge in [0, 0.05) is 33.8 Å². The number of thioether (sulfide) groups is 1. The monoisotopic (exact) mass is 403 g/mol. The average molecular weight is 404 g/mol. The van der Waals surface area contributed by atoms with E-state index in [2.05, 4.69) is 10.1 Å². The Morgan fingerprint density at radius 3 is 2.77 bits per heavy atom. The van der Waals surface area contributed by atoms with Crippen molar-refractivity contribution >= 4 is 40.5 Å². The van der Waals surface area contributed by atoms with Crippen LogP contribution in [0.4, 0.5) is 4.39 Å². The zero-order valence-corrected chi connectivity index (χ0v) is 15.7. The minimum atomic E-state index is -0.342. The molecule has 0 saturated carbocycles. The molecule has 7 heteroatoms. The normalized spacial score (nSPS) is 11.2. The molecule has 0 aliphatic rings. The van der Waals surface area contributed by atoms with Crippen LogP contribution in [0.2, 0.25) is 10.0 Å². The van der Waals surface area contributed by atoms with Gasteiger partial charge in [0.2, 0.25) is 0 Å². The third-order valence-electron chi connectivity index (χ3n) is 3.85. The first kappa shape index (κ1) is 17.3. The van der Waals surface area contributed by atoms with E-state index in [0.29, 0.717) is 15.8 Å². The third kappa shape index (κ3) is 3.56. The lowest BCUT2D eigenvalue weighted by molar-refractivity contribution is 0.627. The van der Waals surface area contributed by atoms with E-state index in [-0.39, 0.29) is 5.82 Å². The molecule has 2 aromatic heterocycles. The van der Waals surface area contributed by atoms with Crippen molar-refractivity contribution in [3.63, 3.8) is 0 Å². The topological polar surface area (TPSA) is 30.2 Å². The molecule has 0 amide bonds. The number of rotatable bonds is 4. The van der Waals surface area contributed by atoms with Crippen molar-refractivity contribution in [2.24, 2.45) is 0 Å². The second kappa shape index (κ2) is 7.27. The second-order valence-electron chi connectivity index (χ2n) is 5.63. The summed E-state index contributed by atoms with van der Waals surface area (Å²) in [6, 6.07) is 14.0. The number of benzene rings is 2. The molecule has 0 fully saturated rings. The van der Waals surface area contributed by atoms with Crippen LogP contribution in [0, 0.1) is 5.82 Å². The first-order valence-corrected chi connectivity index (χ1v) is 9.51. The molecule has 2 aromatic carbocycles. The maximum absolute atomic E-state index is 13.2. The number of hydrogen-bond donors (Lipinski definition) is 0. The zero-order valence-electron chi connectivity index (χ0n) is 13.4. The molecule has 130 valence electrons. The molecule has 26 heavy (non-hydrogen) atoms. The maximum atomic E-state index is 13.2. The van der Waals surface area contributed by atoms with Crippen LogP contribution in [-0.4, -0.2) is 14.6 Å². The van der Waals surface area contributed by atoms with Gasteiger partial charge < -0.3 is 0 Å². The number of hydrogen-bond acceptors (Lipinski definition) is 3. The van der Waals surface area contributed by atoms with Crippen molar-refractivity contribution in [3.8, 4) is 11.3 Å². The minimum Gasteiger partial charge on any atom is -0.246 e. The Bertz CT molecular complexity index is 1100. The van der Waals surface area contributed by atoms with Gasteiger partial charge in [-0.25, -0.2) is 13.9 Å². The van der Waals surface area contributed by atoms with Gasteiger partial charge in [-0.2, -0.15) is 5.10 Å². The highest BCUT2D eigenvalue weighted by Gasteiger charge is 2.11. The summed E-state index contributed by atoms with van der Waals surface area (Å²) in [6.07, 6.45) is 3.51. The Morgan fingerprint density at radius 2 is 1.96 bits per heavy atom. The Balaban J connectivity index is 1.65. The van der Waals surface area contributed by atoms with Crippen LogP contribution in [0.5, 0.6) is 0 Å². The maximum Gasteiger partial charge on any atom is 0.124 e. The highest BCUT2D eigenvalue weighted by atomic mass is 35.5. The van der Waals surface area contributed by atoms with Crippen molar-refractivity contribution in [1.82, 2.24) is 14.6 Å². The summed E-state index contributed by atoms with van der Waals surface area (Å²) in [5.74, 6) is 0.245. The molecular formula is C19H12Cl2FN3S. The van der Waals surface area contributed by atoms with Crippen LogP contribution in [0.15, 0.2) is 66.0 Å². The van der Waals surface area contributed by atoms with Crippen LogP contribution in [-0.2, 0) is 5.75 Å². The fourth-order valence-electron chi connectivity index (χ4n) is 2.58. The average Bonchev–Trinajstić information content (AvgIpc) is 3.06. The van der Waals surface area contributed by atoms with E-state index < -0.39 is 0 Å². The number of nitrogens with zero attached hydrogens (tertiary/aromatic N) is 3. The molecule has 3 nitrogen and oxygen atoms in total. The summed E-state index contributed by atoms with van der Waals surface area (Å²) < 4.78 is 15.0. The molecule has 0 unspecified atom stereocenters. The fourth-order valence-corrected chi connectivity index (χ4v) is 4.07.